The first-order valence-electron chi connectivity index (χ1n) is 6.45. The van der Waals surface area contributed by atoms with Gasteiger partial charge >= 0.3 is 5.97 Å². The third-order valence-electron chi connectivity index (χ3n) is 3.35. The lowest BCUT2D eigenvalue weighted by Gasteiger charge is -2.27. The number of nitrogens with zero attached hydrogens (tertiary/aromatic N) is 1. The van der Waals surface area contributed by atoms with E-state index in [4.69, 9.17) is 4.74 Å². The summed E-state index contributed by atoms with van der Waals surface area (Å²) in [6, 6.07) is 5.15. The number of hydroxylamine groups is 1. The standard InChI is InChI=1S/C15H19NO4/c1-9-6-7-10-11(8-9)16(19)12(17)15(10,5)13(18)20-14(2,3)4/h6-8,19H,1-5H3. The lowest BCUT2D eigenvalue weighted by atomic mass is 9.83. The third kappa shape index (κ3) is 2.08. The molecule has 0 spiro atoms. The number of carbonyl (C=O) groups excluding carboxylic acids is 2. The van der Waals surface area contributed by atoms with Crippen molar-refractivity contribution in [3.05, 3.63) is 29.3 Å². The molecule has 1 aliphatic rings. The number of ether oxygens (including phenoxy) is 1. The Kier molecular flexibility index (Phi) is 3.13. The molecule has 1 aromatic carbocycles. The van der Waals surface area contributed by atoms with Crippen LogP contribution in [0.2, 0.25) is 0 Å². The Balaban J connectivity index is 2.52. The Labute approximate surface area is 118 Å². The van der Waals surface area contributed by atoms with Gasteiger partial charge in [0, 0.05) is 5.56 Å². The second-order valence-corrected chi connectivity index (χ2v) is 6.26. The van der Waals surface area contributed by atoms with Gasteiger partial charge in [0.05, 0.1) is 5.69 Å². The first kappa shape index (κ1) is 14.5. The van der Waals surface area contributed by atoms with Gasteiger partial charge in [0.15, 0.2) is 5.41 Å². The Hall–Kier alpha value is -1.88. The Morgan fingerprint density at radius 2 is 1.95 bits per heavy atom. The van der Waals surface area contributed by atoms with Crippen LogP contribution in [0.25, 0.3) is 0 Å². The fourth-order valence-corrected chi connectivity index (χ4v) is 2.25. The van der Waals surface area contributed by atoms with Crippen molar-refractivity contribution in [2.45, 2.75) is 45.6 Å². The fourth-order valence-electron chi connectivity index (χ4n) is 2.25. The predicted molar refractivity (Wildman–Crippen MR) is 73.6 cm³/mol. The summed E-state index contributed by atoms with van der Waals surface area (Å²) in [5.41, 5.74) is -0.517. The molecule has 0 aromatic heterocycles. The molecule has 5 nitrogen and oxygen atoms in total. The van der Waals surface area contributed by atoms with E-state index in [1.165, 1.54) is 6.92 Å². The number of aryl methyl sites for hydroxylation is 1. The Morgan fingerprint density at radius 1 is 1.35 bits per heavy atom. The molecule has 1 amide bonds. The number of hydrogen-bond acceptors (Lipinski definition) is 4. The summed E-state index contributed by atoms with van der Waals surface area (Å²) in [4.78, 5) is 24.7. The van der Waals surface area contributed by atoms with Gasteiger partial charge in [-0.1, -0.05) is 12.1 Å². The minimum absolute atomic E-state index is 0.336. The second-order valence-electron chi connectivity index (χ2n) is 6.26. The maximum absolute atomic E-state index is 12.4. The van der Waals surface area contributed by atoms with E-state index in [9.17, 15) is 14.8 Å². The number of hydrogen-bond donors (Lipinski definition) is 1. The maximum Gasteiger partial charge on any atom is 0.326 e. The van der Waals surface area contributed by atoms with E-state index < -0.39 is 22.9 Å². The average molecular weight is 277 g/mol. The van der Waals surface area contributed by atoms with Crippen LogP contribution in [0.5, 0.6) is 0 Å². The largest absolute Gasteiger partial charge is 0.459 e. The maximum atomic E-state index is 12.4. The lowest BCUT2D eigenvalue weighted by molar-refractivity contribution is -0.164. The van der Waals surface area contributed by atoms with Crippen molar-refractivity contribution in [1.29, 1.82) is 0 Å². The summed E-state index contributed by atoms with van der Waals surface area (Å²) in [5, 5.41) is 10.5. The van der Waals surface area contributed by atoms with Gasteiger partial charge in [0.25, 0.3) is 5.91 Å². The highest BCUT2D eigenvalue weighted by Gasteiger charge is 2.55. The lowest BCUT2D eigenvalue weighted by Crippen LogP contribution is -2.46. The van der Waals surface area contributed by atoms with Crippen LogP contribution in [-0.4, -0.2) is 22.7 Å². The molecule has 0 aliphatic carbocycles. The van der Waals surface area contributed by atoms with Gasteiger partial charge in [-0.25, -0.2) is 0 Å². The van der Waals surface area contributed by atoms with E-state index in [1.54, 1.807) is 39.0 Å². The van der Waals surface area contributed by atoms with Crippen LogP contribution in [0, 0.1) is 6.92 Å². The minimum atomic E-state index is -1.51. The molecule has 0 saturated heterocycles. The highest BCUT2D eigenvalue weighted by molar-refractivity contribution is 6.19. The zero-order valence-electron chi connectivity index (χ0n) is 12.4. The second kappa shape index (κ2) is 4.31. The summed E-state index contributed by atoms with van der Waals surface area (Å²) >= 11 is 0. The number of esters is 1. The molecular formula is C15H19NO4. The SMILES string of the molecule is Cc1ccc2c(c1)N(O)C(=O)C2(C)C(=O)OC(C)(C)C. The summed E-state index contributed by atoms with van der Waals surface area (Å²) in [6.07, 6.45) is 0. The molecule has 1 aromatic rings. The van der Waals surface area contributed by atoms with Crippen molar-refractivity contribution in [2.75, 3.05) is 5.06 Å². The molecular weight excluding hydrogens is 258 g/mol. The normalized spacial score (nSPS) is 21.9. The summed E-state index contributed by atoms with van der Waals surface area (Å²) in [5.74, 6) is -1.34. The van der Waals surface area contributed by atoms with Gasteiger partial charge in [-0.15, -0.1) is 0 Å². The molecule has 108 valence electrons. The number of benzene rings is 1. The Bertz CT molecular complexity index is 588. The number of carbonyl (C=O) groups is 2. The van der Waals surface area contributed by atoms with E-state index in [1.807, 2.05) is 6.92 Å². The molecule has 0 saturated carbocycles. The van der Waals surface area contributed by atoms with E-state index in [-0.39, 0.29) is 0 Å². The van der Waals surface area contributed by atoms with Gasteiger partial charge in [-0.3, -0.25) is 14.8 Å². The van der Waals surface area contributed by atoms with Crippen molar-refractivity contribution in [2.24, 2.45) is 0 Å². The van der Waals surface area contributed by atoms with Crippen LogP contribution in [0.15, 0.2) is 18.2 Å². The molecule has 20 heavy (non-hydrogen) atoms. The van der Waals surface area contributed by atoms with Crippen LogP contribution in [-0.2, 0) is 19.7 Å². The molecule has 1 N–H and O–H groups in total. The van der Waals surface area contributed by atoms with Gasteiger partial charge in [-0.05, 0) is 46.2 Å². The summed E-state index contributed by atoms with van der Waals surface area (Å²) in [6.45, 7) is 8.54. The van der Waals surface area contributed by atoms with Crippen LogP contribution in [0.1, 0.15) is 38.8 Å². The summed E-state index contributed by atoms with van der Waals surface area (Å²) < 4.78 is 5.33. The zero-order chi connectivity index (χ0) is 15.3. The molecule has 1 aliphatic heterocycles. The molecule has 1 unspecified atom stereocenters. The summed E-state index contributed by atoms with van der Waals surface area (Å²) in [7, 11) is 0. The molecule has 1 heterocycles. The fraction of sp³-hybridized carbons (Fsp3) is 0.467. The van der Waals surface area contributed by atoms with E-state index >= 15 is 0 Å². The van der Waals surface area contributed by atoms with Crippen molar-refractivity contribution in [1.82, 2.24) is 0 Å². The Morgan fingerprint density at radius 3 is 2.50 bits per heavy atom. The average Bonchev–Trinajstić information content (AvgIpc) is 2.50. The number of amides is 1. The highest BCUT2D eigenvalue weighted by Crippen LogP contribution is 2.42. The molecule has 5 heteroatoms. The van der Waals surface area contributed by atoms with E-state index in [0.717, 1.165) is 5.56 Å². The van der Waals surface area contributed by atoms with Crippen molar-refractivity contribution < 1.29 is 19.5 Å². The smallest absolute Gasteiger partial charge is 0.326 e. The topological polar surface area (TPSA) is 66.8 Å². The van der Waals surface area contributed by atoms with Gasteiger partial charge in [0.1, 0.15) is 5.60 Å². The monoisotopic (exact) mass is 277 g/mol. The van der Waals surface area contributed by atoms with Gasteiger partial charge in [0.2, 0.25) is 0 Å². The number of rotatable bonds is 1. The molecule has 1 atom stereocenters. The third-order valence-corrected chi connectivity index (χ3v) is 3.35. The van der Waals surface area contributed by atoms with Crippen LogP contribution >= 0.6 is 0 Å². The first-order chi connectivity index (χ1) is 9.07. The van der Waals surface area contributed by atoms with Crippen LogP contribution in [0.3, 0.4) is 0 Å². The van der Waals surface area contributed by atoms with Crippen molar-refractivity contribution in [3.8, 4) is 0 Å². The quantitative estimate of drug-likeness (QED) is 0.486. The van der Waals surface area contributed by atoms with E-state index in [0.29, 0.717) is 16.3 Å². The zero-order valence-corrected chi connectivity index (χ0v) is 12.4. The first-order valence-corrected chi connectivity index (χ1v) is 6.45. The number of anilines is 1. The van der Waals surface area contributed by atoms with Crippen molar-refractivity contribution in [3.63, 3.8) is 0 Å². The molecule has 2 rings (SSSR count). The molecule has 0 radical (unpaired) electrons. The highest BCUT2D eigenvalue weighted by atomic mass is 16.6. The van der Waals surface area contributed by atoms with Crippen molar-refractivity contribution >= 4 is 17.6 Å². The molecule has 0 fully saturated rings. The molecule has 0 bridgehead atoms. The minimum Gasteiger partial charge on any atom is -0.459 e. The van der Waals surface area contributed by atoms with Gasteiger partial charge in [-0.2, -0.15) is 5.06 Å². The van der Waals surface area contributed by atoms with E-state index in [2.05, 4.69) is 0 Å². The predicted octanol–water partition coefficient (Wildman–Crippen LogP) is 2.33. The van der Waals surface area contributed by atoms with Crippen LogP contribution < -0.4 is 5.06 Å². The number of fused-ring (bicyclic) bond motifs is 1. The van der Waals surface area contributed by atoms with Gasteiger partial charge < -0.3 is 4.74 Å². The van der Waals surface area contributed by atoms with Crippen LogP contribution in [0.4, 0.5) is 5.69 Å².